The minimum absolute atomic E-state index is 0.0172. The van der Waals surface area contributed by atoms with Crippen molar-refractivity contribution in [3.63, 3.8) is 0 Å². The number of piperidine rings is 1. The zero-order chi connectivity index (χ0) is 23.2. The molecule has 1 atom stereocenters. The first-order valence-electron chi connectivity index (χ1n) is 12.7. The number of nitrogens with one attached hydrogen (secondary N) is 1. The highest BCUT2D eigenvalue weighted by molar-refractivity contribution is 6.30. The first-order valence-corrected chi connectivity index (χ1v) is 13.1. The first kappa shape index (κ1) is 24.3. The lowest BCUT2D eigenvalue weighted by molar-refractivity contribution is -0.119. The maximum absolute atomic E-state index is 11.6. The fraction of sp³-hybridized carbons (Fsp3) is 0.593. The average molecular weight is 471 g/mol. The maximum atomic E-state index is 11.6. The van der Waals surface area contributed by atoms with E-state index in [1.165, 1.54) is 75.2 Å². The monoisotopic (exact) mass is 470 g/mol. The molecule has 2 aliphatic rings. The second-order valence-corrected chi connectivity index (χ2v) is 10.3. The summed E-state index contributed by atoms with van der Waals surface area (Å²) in [6.07, 6.45) is 7.78. The Bertz CT molecular complexity index is 934. The predicted molar refractivity (Wildman–Crippen MR) is 137 cm³/mol. The molecule has 6 heteroatoms. The Kier molecular flexibility index (Phi) is 8.50. The van der Waals surface area contributed by atoms with E-state index in [2.05, 4.69) is 38.7 Å². The zero-order valence-corrected chi connectivity index (χ0v) is 21.0. The van der Waals surface area contributed by atoms with Gasteiger partial charge >= 0.3 is 0 Å². The number of nitrogens with zero attached hydrogens (tertiary/aromatic N) is 3. The summed E-state index contributed by atoms with van der Waals surface area (Å²) >= 11 is 6.32. The zero-order valence-electron chi connectivity index (χ0n) is 20.3. The highest BCUT2D eigenvalue weighted by atomic mass is 35.5. The summed E-state index contributed by atoms with van der Waals surface area (Å²) < 4.78 is 2.41. The number of aromatic nitrogens is 1. The normalized spacial score (nSPS) is 18.2. The summed E-state index contributed by atoms with van der Waals surface area (Å²) in [6.45, 7) is 11.6. The van der Waals surface area contributed by atoms with Gasteiger partial charge in [-0.1, -0.05) is 30.2 Å². The van der Waals surface area contributed by atoms with Crippen molar-refractivity contribution in [1.29, 1.82) is 0 Å². The summed E-state index contributed by atoms with van der Waals surface area (Å²) in [5, 5.41) is 3.80. The Morgan fingerprint density at radius 1 is 1.06 bits per heavy atom. The predicted octanol–water partition coefficient (Wildman–Crippen LogP) is 4.96. The lowest BCUT2D eigenvalue weighted by Gasteiger charge is -2.29. The number of halogens is 1. The van der Waals surface area contributed by atoms with Crippen LogP contribution in [0.4, 0.5) is 0 Å². The third-order valence-electron chi connectivity index (χ3n) is 7.03. The van der Waals surface area contributed by atoms with Crippen molar-refractivity contribution in [2.75, 3.05) is 32.7 Å². The number of benzene rings is 1. The molecule has 2 aromatic rings. The number of unbranched alkanes of at least 4 members (excludes halogenated alkanes) is 1. The number of carbonyl (C=O) groups is 1. The van der Waals surface area contributed by atoms with E-state index in [4.69, 9.17) is 11.6 Å². The molecule has 1 fully saturated rings. The van der Waals surface area contributed by atoms with Gasteiger partial charge in [0.2, 0.25) is 5.91 Å². The minimum atomic E-state index is 0.0172. The second kappa shape index (κ2) is 11.5. The van der Waals surface area contributed by atoms with Crippen molar-refractivity contribution >= 4 is 17.5 Å². The van der Waals surface area contributed by atoms with Gasteiger partial charge in [0.1, 0.15) is 0 Å². The summed E-state index contributed by atoms with van der Waals surface area (Å²) in [5.41, 5.74) is 5.17. The van der Waals surface area contributed by atoms with Crippen LogP contribution in [0.25, 0.3) is 11.3 Å². The van der Waals surface area contributed by atoms with E-state index in [1.54, 1.807) is 6.92 Å². The standard InChI is InChI=1S/C27H39ClN4O/c1-21(29-22(2)33)19-32-26-11-16-31(15-7-6-14-30-12-4-3-5-13-30)20-24(26)18-27(32)23-9-8-10-25(28)17-23/h8-10,17-18,21H,3-7,11-16,19-20H2,1-2H3,(H,29,33). The van der Waals surface area contributed by atoms with Gasteiger partial charge in [0.15, 0.2) is 0 Å². The van der Waals surface area contributed by atoms with Crippen molar-refractivity contribution in [2.45, 2.75) is 71.5 Å². The number of hydrogen-bond acceptors (Lipinski definition) is 3. The van der Waals surface area contributed by atoms with Crippen LogP contribution in [0, 0.1) is 0 Å². The lowest BCUT2D eigenvalue weighted by atomic mass is 10.1. The molecule has 1 amide bonds. The van der Waals surface area contributed by atoms with Crippen LogP contribution in [0.15, 0.2) is 30.3 Å². The Balaban J connectivity index is 1.43. The summed E-state index contributed by atoms with van der Waals surface area (Å²) in [4.78, 5) is 16.8. The van der Waals surface area contributed by atoms with Gasteiger partial charge in [0, 0.05) is 55.4 Å². The van der Waals surface area contributed by atoms with E-state index in [0.29, 0.717) is 0 Å². The van der Waals surface area contributed by atoms with E-state index in [0.717, 1.165) is 36.6 Å². The SMILES string of the molecule is CC(=O)NC(C)Cn1c(-c2cccc(Cl)c2)cc2c1CCN(CCCCN1CCCCC1)C2. The van der Waals surface area contributed by atoms with E-state index in [-0.39, 0.29) is 11.9 Å². The van der Waals surface area contributed by atoms with Crippen LogP contribution in [0.2, 0.25) is 5.02 Å². The van der Waals surface area contributed by atoms with Crippen LogP contribution in [-0.2, 0) is 24.3 Å². The molecule has 5 nitrogen and oxygen atoms in total. The van der Waals surface area contributed by atoms with Crippen molar-refractivity contribution in [3.8, 4) is 11.3 Å². The third kappa shape index (κ3) is 6.62. The molecule has 1 aromatic heterocycles. The van der Waals surface area contributed by atoms with Crippen LogP contribution in [0.5, 0.6) is 0 Å². The fourth-order valence-electron chi connectivity index (χ4n) is 5.47. The van der Waals surface area contributed by atoms with E-state index >= 15 is 0 Å². The van der Waals surface area contributed by atoms with Gasteiger partial charge in [-0.05, 0) is 88.1 Å². The molecule has 2 aliphatic heterocycles. The van der Waals surface area contributed by atoms with Crippen LogP contribution < -0.4 is 5.32 Å². The van der Waals surface area contributed by atoms with E-state index in [9.17, 15) is 4.79 Å². The summed E-state index contributed by atoms with van der Waals surface area (Å²) in [7, 11) is 0. The molecule has 3 heterocycles. The minimum Gasteiger partial charge on any atom is -0.352 e. The van der Waals surface area contributed by atoms with Gasteiger partial charge in [-0.3, -0.25) is 9.69 Å². The number of fused-ring (bicyclic) bond motifs is 1. The molecule has 0 bridgehead atoms. The van der Waals surface area contributed by atoms with Gasteiger partial charge in [0.25, 0.3) is 0 Å². The Morgan fingerprint density at radius 2 is 1.82 bits per heavy atom. The van der Waals surface area contributed by atoms with Crippen molar-refractivity contribution < 1.29 is 4.79 Å². The maximum Gasteiger partial charge on any atom is 0.217 e. The molecule has 1 aromatic carbocycles. The molecule has 1 saturated heterocycles. The second-order valence-electron chi connectivity index (χ2n) is 9.86. The number of amides is 1. The van der Waals surface area contributed by atoms with E-state index in [1.807, 2.05) is 18.2 Å². The largest absolute Gasteiger partial charge is 0.352 e. The molecular weight excluding hydrogens is 432 g/mol. The van der Waals surface area contributed by atoms with Gasteiger partial charge in [-0.25, -0.2) is 0 Å². The molecule has 4 rings (SSSR count). The van der Waals surface area contributed by atoms with Crippen LogP contribution in [0.3, 0.4) is 0 Å². The van der Waals surface area contributed by atoms with Crippen LogP contribution >= 0.6 is 11.6 Å². The Hall–Kier alpha value is -1.82. The van der Waals surface area contributed by atoms with Crippen molar-refractivity contribution in [2.24, 2.45) is 0 Å². The summed E-state index contributed by atoms with van der Waals surface area (Å²) in [6, 6.07) is 10.5. The quantitative estimate of drug-likeness (QED) is 0.527. The van der Waals surface area contributed by atoms with Crippen molar-refractivity contribution in [1.82, 2.24) is 19.7 Å². The molecule has 33 heavy (non-hydrogen) atoms. The van der Waals surface area contributed by atoms with E-state index < -0.39 is 0 Å². The highest BCUT2D eigenvalue weighted by Gasteiger charge is 2.24. The lowest BCUT2D eigenvalue weighted by Crippen LogP contribution is -2.36. The molecule has 0 aliphatic carbocycles. The molecule has 1 unspecified atom stereocenters. The van der Waals surface area contributed by atoms with Gasteiger partial charge in [-0.15, -0.1) is 0 Å². The van der Waals surface area contributed by atoms with Gasteiger partial charge in [-0.2, -0.15) is 0 Å². The number of hydrogen-bond donors (Lipinski definition) is 1. The molecule has 0 saturated carbocycles. The first-order chi connectivity index (χ1) is 16.0. The van der Waals surface area contributed by atoms with Gasteiger partial charge < -0.3 is 14.8 Å². The number of carbonyl (C=O) groups excluding carboxylic acids is 1. The molecule has 1 N–H and O–H groups in total. The molecule has 0 radical (unpaired) electrons. The number of likely N-dealkylation sites (tertiary alicyclic amines) is 1. The smallest absolute Gasteiger partial charge is 0.217 e. The van der Waals surface area contributed by atoms with Crippen LogP contribution in [-0.4, -0.2) is 59.0 Å². The van der Waals surface area contributed by atoms with Crippen molar-refractivity contribution in [3.05, 3.63) is 46.6 Å². The van der Waals surface area contributed by atoms with Crippen LogP contribution in [0.1, 0.15) is 57.2 Å². The molecule has 180 valence electrons. The Morgan fingerprint density at radius 3 is 2.55 bits per heavy atom. The fourth-order valence-corrected chi connectivity index (χ4v) is 5.66. The van der Waals surface area contributed by atoms with Gasteiger partial charge in [0.05, 0.1) is 0 Å². The highest BCUT2D eigenvalue weighted by Crippen LogP contribution is 2.31. The average Bonchev–Trinajstić information content (AvgIpc) is 3.14. The molecular formula is C27H39ClN4O. The third-order valence-corrected chi connectivity index (χ3v) is 7.27. The Labute approximate surface area is 204 Å². The molecule has 0 spiro atoms. The topological polar surface area (TPSA) is 40.5 Å². The summed E-state index contributed by atoms with van der Waals surface area (Å²) in [5.74, 6) is 0.0172. The number of rotatable bonds is 9.